The second kappa shape index (κ2) is 8.29. The predicted molar refractivity (Wildman–Crippen MR) is 115 cm³/mol. The van der Waals surface area contributed by atoms with Crippen molar-refractivity contribution < 1.29 is 9.18 Å². The van der Waals surface area contributed by atoms with Crippen LogP contribution in [0.25, 0.3) is 27.9 Å². The minimum Gasteiger partial charge on any atom is -0.322 e. The molecule has 1 N–H and O–H groups in total. The van der Waals surface area contributed by atoms with Crippen LogP contribution in [0.1, 0.15) is 4.88 Å². The minimum atomic E-state index is -0.302. The van der Waals surface area contributed by atoms with Crippen molar-refractivity contribution in [1.29, 1.82) is 0 Å². The number of anilines is 1. The molecule has 0 aliphatic rings. The summed E-state index contributed by atoms with van der Waals surface area (Å²) in [6.07, 6.45) is 3.29. The molecular weight excluding hydrogens is 391 g/mol. The molecule has 0 atom stereocenters. The number of nitrogens with one attached hydrogen (secondary N) is 1. The van der Waals surface area contributed by atoms with Crippen LogP contribution in [0.15, 0.2) is 77.5 Å². The molecule has 2 aromatic carbocycles. The summed E-state index contributed by atoms with van der Waals surface area (Å²) in [7, 11) is 0. The molecule has 0 unspecified atom stereocenters. The lowest BCUT2D eigenvalue weighted by Gasteiger charge is -2.07. The number of hydrogen-bond donors (Lipinski definition) is 1. The number of aromatic nitrogens is 1. The molecule has 4 aromatic rings. The molecule has 0 aliphatic carbocycles. The maximum atomic E-state index is 14.0. The van der Waals surface area contributed by atoms with E-state index in [0.29, 0.717) is 22.0 Å². The quantitative estimate of drug-likeness (QED) is 0.394. The Bertz CT molecular complexity index is 1130. The number of thiazole rings is 1. The summed E-state index contributed by atoms with van der Waals surface area (Å²) in [5.74, 6) is -0.519. The number of carbonyl (C=O) groups excluding carboxylic acids is 1. The maximum Gasteiger partial charge on any atom is 0.248 e. The molecule has 0 bridgehead atoms. The van der Waals surface area contributed by atoms with Crippen molar-refractivity contribution in [2.75, 3.05) is 5.32 Å². The molecule has 0 spiro atoms. The zero-order valence-corrected chi connectivity index (χ0v) is 16.3. The van der Waals surface area contributed by atoms with E-state index in [-0.39, 0.29) is 11.7 Å². The topological polar surface area (TPSA) is 42.0 Å². The Balaban J connectivity index is 1.58. The van der Waals surface area contributed by atoms with E-state index >= 15 is 0 Å². The fourth-order valence-electron chi connectivity index (χ4n) is 2.69. The van der Waals surface area contributed by atoms with Gasteiger partial charge in [0.05, 0.1) is 11.4 Å². The highest BCUT2D eigenvalue weighted by molar-refractivity contribution is 7.13. The molecule has 0 aliphatic heterocycles. The highest BCUT2D eigenvalue weighted by Crippen LogP contribution is 2.33. The zero-order valence-electron chi connectivity index (χ0n) is 14.6. The van der Waals surface area contributed by atoms with Gasteiger partial charge >= 0.3 is 0 Å². The molecule has 0 fully saturated rings. The number of thiophene rings is 1. The maximum absolute atomic E-state index is 14.0. The fourth-order valence-corrected chi connectivity index (χ4v) is 4.15. The van der Waals surface area contributed by atoms with Crippen LogP contribution < -0.4 is 5.32 Å². The molecule has 28 heavy (non-hydrogen) atoms. The lowest BCUT2D eigenvalue weighted by Crippen LogP contribution is -2.08. The number of halogens is 1. The molecule has 3 nitrogen and oxygen atoms in total. The smallest absolute Gasteiger partial charge is 0.248 e. The van der Waals surface area contributed by atoms with Gasteiger partial charge in [-0.1, -0.05) is 36.4 Å². The van der Waals surface area contributed by atoms with E-state index in [2.05, 4.69) is 10.3 Å². The van der Waals surface area contributed by atoms with Gasteiger partial charge in [0.25, 0.3) is 0 Å². The van der Waals surface area contributed by atoms with Crippen molar-refractivity contribution in [3.05, 3.63) is 88.2 Å². The SMILES string of the molecule is O=C(/C=C/c1cccs1)Nc1ccccc1-c1csc(-c2ccccc2F)n1. The van der Waals surface area contributed by atoms with Gasteiger partial charge in [0, 0.05) is 27.5 Å². The van der Waals surface area contributed by atoms with Crippen LogP contribution in [0.5, 0.6) is 0 Å². The molecule has 4 rings (SSSR count). The highest BCUT2D eigenvalue weighted by Gasteiger charge is 2.13. The van der Waals surface area contributed by atoms with E-state index in [0.717, 1.165) is 10.4 Å². The van der Waals surface area contributed by atoms with E-state index in [1.807, 2.05) is 47.2 Å². The van der Waals surface area contributed by atoms with Gasteiger partial charge in [-0.2, -0.15) is 0 Å². The molecule has 1 amide bonds. The first kappa shape index (κ1) is 18.3. The van der Waals surface area contributed by atoms with Crippen LogP contribution in [0.4, 0.5) is 10.1 Å². The lowest BCUT2D eigenvalue weighted by atomic mass is 10.1. The van der Waals surface area contributed by atoms with Crippen LogP contribution in [-0.4, -0.2) is 10.9 Å². The highest BCUT2D eigenvalue weighted by atomic mass is 32.1. The first-order valence-electron chi connectivity index (χ1n) is 8.53. The molecule has 2 aromatic heterocycles. The van der Waals surface area contributed by atoms with E-state index < -0.39 is 0 Å². The normalized spacial score (nSPS) is 11.0. The minimum absolute atomic E-state index is 0.217. The monoisotopic (exact) mass is 406 g/mol. The van der Waals surface area contributed by atoms with Crippen molar-refractivity contribution in [3.63, 3.8) is 0 Å². The zero-order chi connectivity index (χ0) is 19.3. The van der Waals surface area contributed by atoms with E-state index in [9.17, 15) is 9.18 Å². The van der Waals surface area contributed by atoms with Crippen molar-refractivity contribution in [2.45, 2.75) is 0 Å². The van der Waals surface area contributed by atoms with Gasteiger partial charge in [0.1, 0.15) is 10.8 Å². The molecule has 0 radical (unpaired) electrons. The number of para-hydroxylation sites is 1. The third-order valence-electron chi connectivity index (χ3n) is 4.01. The molecule has 0 saturated heterocycles. The third kappa shape index (κ3) is 4.08. The predicted octanol–water partition coefficient (Wildman–Crippen LogP) is 6.33. The van der Waals surface area contributed by atoms with Crippen LogP contribution in [-0.2, 0) is 4.79 Å². The number of rotatable bonds is 5. The summed E-state index contributed by atoms with van der Waals surface area (Å²) in [4.78, 5) is 17.9. The van der Waals surface area contributed by atoms with Gasteiger partial charge in [0.15, 0.2) is 0 Å². The second-order valence-electron chi connectivity index (χ2n) is 5.90. The number of hydrogen-bond acceptors (Lipinski definition) is 4. The van der Waals surface area contributed by atoms with Crippen LogP contribution in [0, 0.1) is 5.82 Å². The standard InChI is InChI=1S/C22H15FN2OS2/c23-18-9-3-1-7-16(18)22-25-20(14-28-22)17-8-2-4-10-19(17)24-21(26)12-11-15-6-5-13-27-15/h1-14H,(H,24,26)/b12-11+. The van der Waals surface area contributed by atoms with Gasteiger partial charge in [-0.15, -0.1) is 22.7 Å². The first-order chi connectivity index (χ1) is 13.7. The Morgan fingerprint density at radius 3 is 2.54 bits per heavy atom. The Morgan fingerprint density at radius 2 is 1.75 bits per heavy atom. The average Bonchev–Trinajstić information content (AvgIpc) is 3.39. The summed E-state index contributed by atoms with van der Waals surface area (Å²) >= 11 is 2.94. The summed E-state index contributed by atoms with van der Waals surface area (Å²) in [5, 5.41) is 7.33. The number of carbonyl (C=O) groups is 1. The fraction of sp³-hybridized carbons (Fsp3) is 0. The third-order valence-corrected chi connectivity index (χ3v) is 5.72. The Morgan fingerprint density at radius 1 is 0.964 bits per heavy atom. The number of benzene rings is 2. The largest absolute Gasteiger partial charge is 0.322 e. The molecule has 138 valence electrons. The van der Waals surface area contributed by atoms with Gasteiger partial charge in [0.2, 0.25) is 5.91 Å². The van der Waals surface area contributed by atoms with Gasteiger partial charge < -0.3 is 5.32 Å². The Hall–Kier alpha value is -3.09. The summed E-state index contributed by atoms with van der Waals surface area (Å²) in [6.45, 7) is 0. The summed E-state index contributed by atoms with van der Waals surface area (Å²) in [5.41, 5.74) is 2.62. The lowest BCUT2D eigenvalue weighted by molar-refractivity contribution is -0.111. The second-order valence-corrected chi connectivity index (χ2v) is 7.74. The average molecular weight is 407 g/mol. The van der Waals surface area contributed by atoms with Gasteiger partial charge in [-0.25, -0.2) is 9.37 Å². The first-order valence-corrected chi connectivity index (χ1v) is 10.3. The van der Waals surface area contributed by atoms with Crippen molar-refractivity contribution in [3.8, 4) is 21.8 Å². The van der Waals surface area contributed by atoms with E-state index in [1.165, 1.54) is 23.5 Å². The number of amides is 1. The Labute approximate surface area is 169 Å². The summed E-state index contributed by atoms with van der Waals surface area (Å²) < 4.78 is 14.0. The van der Waals surface area contributed by atoms with E-state index in [4.69, 9.17) is 0 Å². The van der Waals surface area contributed by atoms with Crippen molar-refractivity contribution >= 4 is 40.3 Å². The summed E-state index contributed by atoms with van der Waals surface area (Å²) in [6, 6.07) is 17.9. The van der Waals surface area contributed by atoms with Gasteiger partial charge in [-0.3, -0.25) is 4.79 Å². The van der Waals surface area contributed by atoms with Crippen molar-refractivity contribution in [2.24, 2.45) is 0 Å². The van der Waals surface area contributed by atoms with Crippen LogP contribution in [0.3, 0.4) is 0 Å². The Kier molecular flexibility index (Phi) is 5.41. The number of nitrogens with zero attached hydrogens (tertiary/aromatic N) is 1. The van der Waals surface area contributed by atoms with Gasteiger partial charge in [-0.05, 0) is 35.7 Å². The van der Waals surface area contributed by atoms with Crippen LogP contribution in [0.2, 0.25) is 0 Å². The van der Waals surface area contributed by atoms with Crippen molar-refractivity contribution in [1.82, 2.24) is 4.98 Å². The molecule has 6 heteroatoms. The van der Waals surface area contributed by atoms with E-state index in [1.54, 1.807) is 35.6 Å². The van der Waals surface area contributed by atoms with Crippen LogP contribution >= 0.6 is 22.7 Å². The molecule has 2 heterocycles. The molecular formula is C22H15FN2OS2. The molecule has 0 saturated carbocycles.